The van der Waals surface area contributed by atoms with Crippen LogP contribution in [0.1, 0.15) is 31.4 Å². The molecule has 0 heterocycles. The Balaban J connectivity index is 2.23. The summed E-state index contributed by atoms with van der Waals surface area (Å²) in [5.41, 5.74) is 1.26. The van der Waals surface area contributed by atoms with Gasteiger partial charge in [-0.2, -0.15) is 8.42 Å². The van der Waals surface area contributed by atoms with Gasteiger partial charge in [0.05, 0.1) is 11.6 Å². The van der Waals surface area contributed by atoms with Crippen molar-refractivity contribution >= 4 is 27.6 Å². The van der Waals surface area contributed by atoms with Crippen LogP contribution in [-0.4, -0.2) is 39.5 Å². The average Bonchev–Trinajstić information content (AvgIpc) is 2.64. The normalized spacial score (nSPS) is 11.5. The van der Waals surface area contributed by atoms with E-state index in [-0.39, 0.29) is 27.5 Å². The van der Waals surface area contributed by atoms with E-state index in [1.54, 1.807) is 49.3 Å². The lowest BCUT2D eigenvalue weighted by molar-refractivity contribution is -0.133. The molecule has 8 heteroatoms. The number of hydrogen-bond acceptors (Lipinski definition) is 5. The van der Waals surface area contributed by atoms with Gasteiger partial charge in [0.25, 0.3) is 0 Å². The summed E-state index contributed by atoms with van der Waals surface area (Å²) < 4.78 is 36.0. The number of nitrogens with zero attached hydrogens (tertiary/aromatic N) is 1. The predicted octanol–water partition coefficient (Wildman–Crippen LogP) is 4.44. The van der Waals surface area contributed by atoms with E-state index in [1.165, 1.54) is 6.07 Å². The minimum absolute atomic E-state index is 0.0210. The summed E-state index contributed by atoms with van der Waals surface area (Å²) in [4.78, 5) is 14.2. The van der Waals surface area contributed by atoms with Crippen LogP contribution in [0.4, 0.5) is 0 Å². The number of methoxy groups -OCH3 is 1. The molecule has 0 atom stereocenters. The lowest BCUT2D eigenvalue weighted by Crippen LogP contribution is -2.34. The first-order valence-electron chi connectivity index (χ1n) is 9.69. The van der Waals surface area contributed by atoms with Crippen LogP contribution in [0, 0.1) is 12.8 Å². The van der Waals surface area contributed by atoms with E-state index in [0.29, 0.717) is 31.7 Å². The fourth-order valence-corrected chi connectivity index (χ4v) is 4.70. The van der Waals surface area contributed by atoms with Gasteiger partial charge in [-0.05, 0) is 42.2 Å². The number of aryl methyl sites for hydroxylation is 1. The second-order valence-corrected chi connectivity index (χ2v) is 9.37. The predicted molar refractivity (Wildman–Crippen MR) is 117 cm³/mol. The largest absolute Gasteiger partial charge is 0.383 e. The zero-order valence-electron chi connectivity index (χ0n) is 17.7. The number of carbonyl (C=O) groups excluding carboxylic acids is 1. The molecule has 30 heavy (non-hydrogen) atoms. The summed E-state index contributed by atoms with van der Waals surface area (Å²) in [6.07, 6.45) is 0.431. The monoisotopic (exact) mass is 453 g/mol. The van der Waals surface area contributed by atoms with Gasteiger partial charge in [-0.1, -0.05) is 49.7 Å². The van der Waals surface area contributed by atoms with Crippen molar-refractivity contribution < 1.29 is 22.1 Å². The van der Waals surface area contributed by atoms with Crippen LogP contribution in [-0.2, 0) is 26.2 Å². The quantitative estimate of drug-likeness (QED) is 0.497. The summed E-state index contributed by atoms with van der Waals surface area (Å²) in [5.74, 6) is 0.420. The first kappa shape index (κ1) is 24.2. The van der Waals surface area contributed by atoms with Crippen LogP contribution in [0.3, 0.4) is 0 Å². The Morgan fingerprint density at radius 2 is 1.87 bits per heavy atom. The van der Waals surface area contributed by atoms with Crippen molar-refractivity contribution in [2.24, 2.45) is 5.92 Å². The van der Waals surface area contributed by atoms with Gasteiger partial charge in [0, 0.05) is 26.6 Å². The molecule has 0 saturated carbocycles. The van der Waals surface area contributed by atoms with E-state index in [4.69, 9.17) is 20.5 Å². The molecule has 0 N–H and O–H groups in total. The third kappa shape index (κ3) is 6.72. The zero-order chi connectivity index (χ0) is 22.3. The maximum atomic E-state index is 12.8. The third-order valence-corrected chi connectivity index (χ3v) is 6.27. The van der Waals surface area contributed by atoms with E-state index in [2.05, 4.69) is 0 Å². The lowest BCUT2D eigenvalue weighted by Gasteiger charge is -2.23. The molecule has 164 valence electrons. The molecule has 0 aliphatic rings. The van der Waals surface area contributed by atoms with Gasteiger partial charge < -0.3 is 13.8 Å². The van der Waals surface area contributed by atoms with Crippen LogP contribution >= 0.6 is 11.6 Å². The molecule has 0 aromatic heterocycles. The number of amides is 1. The average molecular weight is 454 g/mol. The van der Waals surface area contributed by atoms with Crippen LogP contribution in [0.15, 0.2) is 47.4 Å². The Labute approximate surface area is 183 Å². The van der Waals surface area contributed by atoms with Gasteiger partial charge in [0.15, 0.2) is 0 Å². The fourth-order valence-electron chi connectivity index (χ4n) is 2.99. The smallest absolute Gasteiger partial charge is 0.340 e. The molecule has 0 spiro atoms. The van der Waals surface area contributed by atoms with Gasteiger partial charge in [0.2, 0.25) is 5.91 Å². The second-order valence-electron chi connectivity index (χ2n) is 7.48. The van der Waals surface area contributed by atoms with Crippen molar-refractivity contribution in [3.05, 3.63) is 58.6 Å². The standard InChI is InChI=1S/C22H28ClNO5S/c1-16(2)13-21(25)24(11-12-28-4)15-18-8-6-9-19(14-18)29-30(26,27)22-17(3)7-5-10-20(22)23/h5-10,14,16H,11-13,15H2,1-4H3. The molecule has 0 saturated heterocycles. The molecule has 1 amide bonds. The number of hydrogen-bond donors (Lipinski definition) is 0. The highest BCUT2D eigenvalue weighted by molar-refractivity contribution is 7.87. The highest BCUT2D eigenvalue weighted by Crippen LogP contribution is 2.28. The van der Waals surface area contributed by atoms with E-state index in [9.17, 15) is 13.2 Å². The molecule has 0 aliphatic carbocycles. The van der Waals surface area contributed by atoms with Gasteiger partial charge in [-0.3, -0.25) is 4.79 Å². The van der Waals surface area contributed by atoms with Crippen molar-refractivity contribution in [2.45, 2.75) is 38.6 Å². The SMILES string of the molecule is COCCN(Cc1cccc(OS(=O)(=O)c2c(C)cccc2Cl)c1)C(=O)CC(C)C. The first-order valence-corrected chi connectivity index (χ1v) is 11.5. The van der Waals surface area contributed by atoms with Crippen LogP contribution in [0.5, 0.6) is 5.75 Å². The molecule has 6 nitrogen and oxygen atoms in total. The minimum Gasteiger partial charge on any atom is -0.383 e. The van der Waals surface area contributed by atoms with E-state index in [1.807, 2.05) is 19.9 Å². The molecule has 2 aromatic carbocycles. The Bertz CT molecular complexity index is 955. The third-order valence-electron chi connectivity index (χ3n) is 4.39. The fraction of sp³-hybridized carbons (Fsp3) is 0.409. The lowest BCUT2D eigenvalue weighted by atomic mass is 10.1. The number of benzene rings is 2. The summed E-state index contributed by atoms with van der Waals surface area (Å²) in [5, 5.41) is 0.108. The van der Waals surface area contributed by atoms with E-state index < -0.39 is 10.1 Å². The maximum absolute atomic E-state index is 12.8. The highest BCUT2D eigenvalue weighted by atomic mass is 35.5. The van der Waals surface area contributed by atoms with Gasteiger partial charge in [-0.15, -0.1) is 0 Å². The van der Waals surface area contributed by atoms with Crippen molar-refractivity contribution in [3.8, 4) is 5.75 Å². The molecule has 0 radical (unpaired) electrons. The summed E-state index contributed by atoms with van der Waals surface area (Å²) in [7, 11) is -2.51. The zero-order valence-corrected chi connectivity index (χ0v) is 19.3. The van der Waals surface area contributed by atoms with Crippen LogP contribution in [0.2, 0.25) is 5.02 Å². The number of carbonyl (C=O) groups is 1. The number of halogens is 1. The van der Waals surface area contributed by atoms with Gasteiger partial charge in [-0.25, -0.2) is 0 Å². The maximum Gasteiger partial charge on any atom is 0.340 e. The first-order chi connectivity index (χ1) is 14.1. The molecule has 0 aliphatic heterocycles. The summed E-state index contributed by atoms with van der Waals surface area (Å²) in [6.45, 7) is 6.83. The molecule has 2 aromatic rings. The van der Waals surface area contributed by atoms with E-state index in [0.717, 1.165) is 5.56 Å². The van der Waals surface area contributed by atoms with Gasteiger partial charge >= 0.3 is 10.1 Å². The molecule has 2 rings (SSSR count). The minimum atomic E-state index is -4.10. The van der Waals surface area contributed by atoms with Crippen molar-refractivity contribution in [3.63, 3.8) is 0 Å². The van der Waals surface area contributed by atoms with Gasteiger partial charge in [0.1, 0.15) is 10.6 Å². The molecule has 0 fully saturated rings. The van der Waals surface area contributed by atoms with Crippen molar-refractivity contribution in [1.29, 1.82) is 0 Å². The summed E-state index contributed by atoms with van der Waals surface area (Å²) >= 11 is 6.09. The second kappa shape index (κ2) is 10.8. The molecule has 0 unspecified atom stereocenters. The van der Waals surface area contributed by atoms with Crippen molar-refractivity contribution in [1.82, 2.24) is 4.90 Å². The number of ether oxygens (including phenoxy) is 1. The molecule has 0 bridgehead atoms. The Hall–Kier alpha value is -2.09. The summed E-state index contributed by atoms with van der Waals surface area (Å²) in [6, 6.07) is 11.5. The van der Waals surface area contributed by atoms with Crippen molar-refractivity contribution in [2.75, 3.05) is 20.3 Å². The Kier molecular flexibility index (Phi) is 8.70. The van der Waals surface area contributed by atoms with E-state index >= 15 is 0 Å². The van der Waals surface area contributed by atoms with Crippen LogP contribution < -0.4 is 4.18 Å². The molecular weight excluding hydrogens is 426 g/mol. The topological polar surface area (TPSA) is 72.9 Å². The Morgan fingerprint density at radius 3 is 2.50 bits per heavy atom. The highest BCUT2D eigenvalue weighted by Gasteiger charge is 2.23. The Morgan fingerprint density at radius 1 is 1.17 bits per heavy atom. The number of rotatable bonds is 10. The van der Waals surface area contributed by atoms with Crippen LogP contribution in [0.25, 0.3) is 0 Å². The molecular formula is C22H28ClNO5S.